The third kappa shape index (κ3) is 6.40. The highest BCUT2D eigenvalue weighted by atomic mass is 35.5. The number of halogens is 2. The number of hydrogen-bond acceptors (Lipinski definition) is 5. The van der Waals surface area contributed by atoms with Crippen LogP contribution < -0.4 is 4.72 Å². The molecule has 2 aromatic carbocycles. The molecule has 0 atom stereocenters. The molecule has 0 aliphatic carbocycles. The van der Waals surface area contributed by atoms with Gasteiger partial charge in [0.1, 0.15) is 10.7 Å². The molecule has 186 valence electrons. The van der Waals surface area contributed by atoms with Gasteiger partial charge in [-0.3, -0.25) is 14.7 Å². The fourth-order valence-corrected chi connectivity index (χ4v) is 5.14. The van der Waals surface area contributed by atoms with Gasteiger partial charge >= 0.3 is 6.09 Å². The average Bonchev–Trinajstić information content (AvgIpc) is 3.31. The van der Waals surface area contributed by atoms with Crippen LogP contribution in [-0.2, 0) is 21.4 Å². The Bertz CT molecular complexity index is 1290. The molecule has 3 rings (SSSR count). The van der Waals surface area contributed by atoms with Gasteiger partial charge < -0.3 is 10.0 Å². The van der Waals surface area contributed by atoms with Gasteiger partial charge in [0.05, 0.1) is 18.1 Å². The van der Waals surface area contributed by atoms with Crippen molar-refractivity contribution >= 4 is 51.1 Å². The van der Waals surface area contributed by atoms with E-state index in [0.717, 1.165) is 5.56 Å². The number of rotatable bonds is 8. The number of likely N-dealkylation sites (N-methyl/N-ethyl adjacent to an activating group) is 1. The molecule has 0 radical (unpaired) electrons. The van der Waals surface area contributed by atoms with Crippen molar-refractivity contribution in [2.75, 3.05) is 26.7 Å². The zero-order valence-electron chi connectivity index (χ0n) is 19.0. The average molecular weight is 539 g/mol. The lowest BCUT2D eigenvalue weighted by molar-refractivity contribution is -0.125. The summed E-state index contributed by atoms with van der Waals surface area (Å²) in [5, 5.41) is 9.66. The molecule has 0 fully saturated rings. The molecular weight excluding hydrogens is 515 g/mol. The van der Waals surface area contributed by atoms with E-state index in [4.69, 9.17) is 23.2 Å². The number of amides is 2. The van der Waals surface area contributed by atoms with E-state index in [1.807, 2.05) is 0 Å². The second kappa shape index (κ2) is 11.2. The van der Waals surface area contributed by atoms with Gasteiger partial charge in [0.25, 0.3) is 0 Å². The van der Waals surface area contributed by atoms with E-state index in [2.05, 4.69) is 9.71 Å². The van der Waals surface area contributed by atoms with E-state index in [0.29, 0.717) is 41.6 Å². The second-order valence-corrected chi connectivity index (χ2v) is 10.3. The molecular formula is C23H24Cl2N4O5S. The van der Waals surface area contributed by atoms with Crippen molar-refractivity contribution in [1.82, 2.24) is 14.5 Å². The largest absolute Gasteiger partial charge is 0.465 e. The molecule has 12 heteroatoms. The summed E-state index contributed by atoms with van der Waals surface area (Å²) in [7, 11) is -2.26. The minimum Gasteiger partial charge on any atom is -0.465 e. The summed E-state index contributed by atoms with van der Waals surface area (Å²) < 4.78 is 27.4. The van der Waals surface area contributed by atoms with Crippen LogP contribution >= 0.6 is 23.2 Å². The molecule has 2 aromatic rings. The summed E-state index contributed by atoms with van der Waals surface area (Å²) in [5.41, 5.74) is 1.99. The van der Waals surface area contributed by atoms with Crippen molar-refractivity contribution < 1.29 is 23.1 Å². The van der Waals surface area contributed by atoms with Crippen LogP contribution in [0.2, 0.25) is 10.0 Å². The Hall–Kier alpha value is -2.92. The number of sulfonamides is 1. The predicted octanol–water partition coefficient (Wildman–Crippen LogP) is 3.54. The van der Waals surface area contributed by atoms with Crippen LogP contribution in [0.5, 0.6) is 0 Å². The molecule has 0 saturated heterocycles. The van der Waals surface area contributed by atoms with E-state index in [1.165, 1.54) is 34.1 Å². The van der Waals surface area contributed by atoms with Crippen molar-refractivity contribution in [3.05, 3.63) is 75.3 Å². The van der Waals surface area contributed by atoms with Crippen LogP contribution in [0.3, 0.4) is 0 Å². The molecule has 9 nitrogen and oxygen atoms in total. The monoisotopic (exact) mass is 538 g/mol. The highest BCUT2D eigenvalue weighted by Crippen LogP contribution is 2.30. The first-order valence-electron chi connectivity index (χ1n) is 10.5. The Labute approximate surface area is 213 Å². The van der Waals surface area contributed by atoms with Gasteiger partial charge in [0, 0.05) is 36.8 Å². The van der Waals surface area contributed by atoms with E-state index < -0.39 is 16.1 Å². The zero-order chi connectivity index (χ0) is 25.8. The van der Waals surface area contributed by atoms with Gasteiger partial charge in [-0.1, -0.05) is 53.5 Å². The number of amidine groups is 1. The molecule has 0 aromatic heterocycles. The SMILES string of the molecule is Cc1c(Cl)ccc(S(=O)(=O)NCC=CC(=O)N(C)Cc2ccc(C3=NCCN3C(=O)O)cc2)c1Cl. The number of benzene rings is 2. The molecule has 1 aliphatic rings. The van der Waals surface area contributed by atoms with E-state index in [-0.39, 0.29) is 22.4 Å². The fraction of sp³-hybridized carbons (Fsp3) is 0.261. The molecule has 2 amide bonds. The van der Waals surface area contributed by atoms with E-state index >= 15 is 0 Å². The summed E-state index contributed by atoms with van der Waals surface area (Å²) in [6, 6.07) is 9.92. The molecule has 35 heavy (non-hydrogen) atoms. The Morgan fingerprint density at radius 1 is 1.20 bits per heavy atom. The summed E-state index contributed by atoms with van der Waals surface area (Å²) in [5.74, 6) is 0.0970. The maximum absolute atomic E-state index is 12.5. The van der Waals surface area contributed by atoms with Gasteiger partial charge in [-0.05, 0) is 30.2 Å². The quantitative estimate of drug-likeness (QED) is 0.498. The second-order valence-electron chi connectivity index (χ2n) is 7.77. The van der Waals surface area contributed by atoms with Crippen molar-refractivity contribution in [2.45, 2.75) is 18.4 Å². The van der Waals surface area contributed by atoms with Crippen molar-refractivity contribution in [1.29, 1.82) is 0 Å². The smallest absolute Gasteiger partial charge is 0.413 e. The topological polar surface area (TPSA) is 119 Å². The first-order chi connectivity index (χ1) is 16.5. The summed E-state index contributed by atoms with van der Waals surface area (Å²) in [6.45, 7) is 2.59. The number of carbonyl (C=O) groups excluding carboxylic acids is 1. The van der Waals surface area contributed by atoms with Crippen molar-refractivity contribution in [2.24, 2.45) is 4.99 Å². The zero-order valence-corrected chi connectivity index (χ0v) is 21.4. The van der Waals surface area contributed by atoms with Gasteiger partial charge in [0.2, 0.25) is 15.9 Å². The van der Waals surface area contributed by atoms with Gasteiger partial charge in [-0.25, -0.2) is 17.9 Å². The minimum absolute atomic E-state index is 0.0477. The number of carboxylic acid groups (broad SMARTS) is 1. The standard InChI is InChI=1S/C23H24Cl2N4O5S/c1-15-18(24)9-10-19(21(15)25)35(33,34)27-11-3-4-20(30)28(2)14-16-5-7-17(8-6-16)22-26-12-13-29(22)23(31)32/h3-10,27H,11-14H2,1-2H3,(H,31,32). The van der Waals surface area contributed by atoms with Gasteiger partial charge in [-0.2, -0.15) is 0 Å². The molecule has 1 heterocycles. The minimum atomic E-state index is -3.88. The third-order valence-electron chi connectivity index (χ3n) is 5.31. The van der Waals surface area contributed by atoms with Crippen LogP contribution in [-0.4, -0.2) is 67.8 Å². The highest BCUT2D eigenvalue weighted by Gasteiger charge is 2.24. The van der Waals surface area contributed by atoms with Crippen LogP contribution in [0.15, 0.2) is 58.4 Å². The molecule has 0 spiro atoms. The molecule has 0 bridgehead atoms. The molecule has 0 unspecified atom stereocenters. The highest BCUT2D eigenvalue weighted by molar-refractivity contribution is 7.89. The lowest BCUT2D eigenvalue weighted by atomic mass is 10.1. The number of aliphatic imine (C=N–C) groups is 1. The number of hydrogen-bond donors (Lipinski definition) is 2. The Morgan fingerprint density at radius 2 is 1.89 bits per heavy atom. The van der Waals surface area contributed by atoms with Crippen LogP contribution in [0.4, 0.5) is 4.79 Å². The Balaban J connectivity index is 1.54. The maximum atomic E-state index is 12.5. The number of nitrogens with zero attached hydrogens (tertiary/aromatic N) is 3. The van der Waals surface area contributed by atoms with Crippen LogP contribution in [0, 0.1) is 6.92 Å². The first-order valence-corrected chi connectivity index (χ1v) is 12.8. The molecule has 0 saturated carbocycles. The van der Waals surface area contributed by atoms with E-state index in [1.54, 1.807) is 38.2 Å². The lowest BCUT2D eigenvalue weighted by Gasteiger charge is -2.17. The van der Waals surface area contributed by atoms with E-state index in [9.17, 15) is 23.1 Å². The Morgan fingerprint density at radius 3 is 2.54 bits per heavy atom. The normalized spacial score (nSPS) is 13.8. The summed E-state index contributed by atoms with van der Waals surface area (Å²) in [4.78, 5) is 30.5. The predicted molar refractivity (Wildman–Crippen MR) is 135 cm³/mol. The van der Waals surface area contributed by atoms with Crippen LogP contribution in [0.25, 0.3) is 0 Å². The van der Waals surface area contributed by atoms with Crippen LogP contribution in [0.1, 0.15) is 16.7 Å². The number of carbonyl (C=O) groups is 2. The fourth-order valence-electron chi connectivity index (χ4n) is 3.36. The number of nitrogens with one attached hydrogen (secondary N) is 1. The van der Waals surface area contributed by atoms with Crippen molar-refractivity contribution in [3.8, 4) is 0 Å². The van der Waals surface area contributed by atoms with Gasteiger partial charge in [-0.15, -0.1) is 0 Å². The van der Waals surface area contributed by atoms with Crippen molar-refractivity contribution in [3.63, 3.8) is 0 Å². The third-order valence-corrected chi connectivity index (χ3v) is 7.78. The maximum Gasteiger partial charge on any atom is 0.413 e. The first kappa shape index (κ1) is 26.7. The lowest BCUT2D eigenvalue weighted by Crippen LogP contribution is -2.33. The summed E-state index contributed by atoms with van der Waals surface area (Å²) >= 11 is 12.1. The Kier molecular flexibility index (Phi) is 8.55. The van der Waals surface area contributed by atoms with Gasteiger partial charge in [0.15, 0.2) is 0 Å². The molecule has 2 N–H and O–H groups in total. The summed E-state index contributed by atoms with van der Waals surface area (Å²) in [6.07, 6.45) is 1.65. The molecule has 1 aliphatic heterocycles.